The summed E-state index contributed by atoms with van der Waals surface area (Å²) < 4.78 is 29.4. The quantitative estimate of drug-likeness (QED) is 0.752. The summed E-state index contributed by atoms with van der Waals surface area (Å²) >= 11 is 5.22. The van der Waals surface area contributed by atoms with E-state index in [0.29, 0.717) is 10.3 Å². The number of fused-ring (bicyclic) bond motifs is 1. The van der Waals surface area contributed by atoms with E-state index in [9.17, 15) is 8.78 Å². The van der Waals surface area contributed by atoms with Gasteiger partial charge in [-0.2, -0.15) is 0 Å². The average Bonchev–Trinajstić information content (AvgIpc) is 2.58. The first-order valence-corrected chi connectivity index (χ1v) is 6.22. The van der Waals surface area contributed by atoms with E-state index in [1.54, 1.807) is 4.57 Å². The summed E-state index contributed by atoms with van der Waals surface area (Å²) in [6.07, 6.45) is 0. The lowest BCUT2D eigenvalue weighted by Crippen LogP contribution is -2.22. The third-order valence-electron chi connectivity index (χ3n) is 3.41. The van der Waals surface area contributed by atoms with Crippen LogP contribution < -0.4 is 0 Å². The Labute approximate surface area is 110 Å². The van der Waals surface area contributed by atoms with Crippen molar-refractivity contribution in [1.82, 2.24) is 9.55 Å². The standard InChI is InChI=1S/C13H16F2N2S/c1-7(13(2,3)4)17-11-9(16-12(17)18)6-5-8(14)10(11)15/h5-7H,1-4H3,(H,16,18). The summed E-state index contributed by atoms with van der Waals surface area (Å²) in [5, 5.41) is 0. The molecule has 0 aliphatic carbocycles. The molecule has 0 amide bonds. The zero-order valence-corrected chi connectivity index (χ0v) is 11.7. The first kappa shape index (κ1) is 13.2. The van der Waals surface area contributed by atoms with Crippen molar-refractivity contribution < 1.29 is 8.78 Å². The minimum absolute atomic E-state index is 0.0463. The fourth-order valence-corrected chi connectivity index (χ4v) is 2.27. The first-order chi connectivity index (χ1) is 8.23. The third kappa shape index (κ3) is 1.96. The predicted octanol–water partition coefficient (Wildman–Crippen LogP) is 4.58. The van der Waals surface area contributed by atoms with E-state index in [1.807, 2.05) is 27.7 Å². The summed E-state index contributed by atoms with van der Waals surface area (Å²) in [4.78, 5) is 2.92. The van der Waals surface area contributed by atoms with Crippen LogP contribution in [0.25, 0.3) is 11.0 Å². The molecule has 0 saturated heterocycles. The molecular weight excluding hydrogens is 254 g/mol. The van der Waals surface area contributed by atoms with Gasteiger partial charge in [-0.05, 0) is 36.7 Å². The zero-order chi connectivity index (χ0) is 13.7. The number of benzene rings is 1. The Morgan fingerprint density at radius 2 is 1.89 bits per heavy atom. The number of hydrogen-bond acceptors (Lipinski definition) is 1. The molecule has 2 rings (SSSR count). The average molecular weight is 270 g/mol. The van der Waals surface area contributed by atoms with Gasteiger partial charge >= 0.3 is 0 Å². The van der Waals surface area contributed by atoms with Crippen LogP contribution in [0.3, 0.4) is 0 Å². The van der Waals surface area contributed by atoms with Crippen LogP contribution >= 0.6 is 12.2 Å². The Hall–Kier alpha value is -1.23. The van der Waals surface area contributed by atoms with Gasteiger partial charge < -0.3 is 9.55 Å². The molecule has 0 bridgehead atoms. The molecule has 1 aromatic heterocycles. The SMILES string of the molecule is CC(n1c(=S)[nH]c2ccc(F)c(F)c21)C(C)(C)C. The number of H-pyrrole nitrogens is 1. The molecule has 18 heavy (non-hydrogen) atoms. The fourth-order valence-electron chi connectivity index (χ4n) is 1.91. The minimum atomic E-state index is -0.855. The number of hydrogen-bond donors (Lipinski definition) is 1. The summed E-state index contributed by atoms with van der Waals surface area (Å²) in [7, 11) is 0. The molecule has 1 N–H and O–H groups in total. The summed E-state index contributed by atoms with van der Waals surface area (Å²) in [5.74, 6) is -1.71. The lowest BCUT2D eigenvalue weighted by atomic mass is 9.88. The number of nitrogens with one attached hydrogen (secondary N) is 1. The Morgan fingerprint density at radius 3 is 2.44 bits per heavy atom. The van der Waals surface area contributed by atoms with E-state index in [-0.39, 0.29) is 17.0 Å². The number of nitrogens with zero attached hydrogens (tertiary/aromatic N) is 1. The summed E-state index contributed by atoms with van der Waals surface area (Å²) in [6.45, 7) is 8.06. The van der Waals surface area contributed by atoms with Gasteiger partial charge in [0.25, 0.3) is 0 Å². The van der Waals surface area contributed by atoms with Crippen molar-refractivity contribution in [2.45, 2.75) is 33.7 Å². The van der Waals surface area contributed by atoms with Gasteiger partial charge in [-0.1, -0.05) is 20.8 Å². The number of aromatic amines is 1. The van der Waals surface area contributed by atoms with Crippen LogP contribution in [0.5, 0.6) is 0 Å². The number of halogens is 2. The van der Waals surface area contributed by atoms with Crippen LogP contribution in [0.4, 0.5) is 8.78 Å². The highest BCUT2D eigenvalue weighted by molar-refractivity contribution is 7.71. The summed E-state index contributed by atoms with van der Waals surface area (Å²) in [5.41, 5.74) is 0.629. The van der Waals surface area contributed by atoms with Crippen LogP contribution in [0.1, 0.15) is 33.7 Å². The Kier molecular flexibility index (Phi) is 3.05. The molecule has 2 nitrogen and oxygen atoms in total. The van der Waals surface area contributed by atoms with E-state index < -0.39 is 11.6 Å². The maximum absolute atomic E-state index is 14.0. The zero-order valence-electron chi connectivity index (χ0n) is 10.8. The van der Waals surface area contributed by atoms with Crippen LogP contribution in [-0.4, -0.2) is 9.55 Å². The highest BCUT2D eigenvalue weighted by Gasteiger charge is 2.25. The van der Waals surface area contributed by atoms with E-state index in [1.165, 1.54) is 6.07 Å². The minimum Gasteiger partial charge on any atom is -0.330 e. The van der Waals surface area contributed by atoms with Gasteiger partial charge in [-0.3, -0.25) is 0 Å². The highest BCUT2D eigenvalue weighted by atomic mass is 32.1. The molecule has 1 aromatic carbocycles. The van der Waals surface area contributed by atoms with Crippen molar-refractivity contribution in [2.75, 3.05) is 0 Å². The van der Waals surface area contributed by atoms with Gasteiger partial charge in [0, 0.05) is 6.04 Å². The van der Waals surface area contributed by atoms with Crippen molar-refractivity contribution in [3.8, 4) is 0 Å². The topological polar surface area (TPSA) is 20.7 Å². The van der Waals surface area contributed by atoms with Gasteiger partial charge in [0.1, 0.15) is 5.52 Å². The van der Waals surface area contributed by atoms with Crippen molar-refractivity contribution in [1.29, 1.82) is 0 Å². The maximum Gasteiger partial charge on any atom is 0.184 e. The Balaban J connectivity index is 2.82. The Morgan fingerprint density at radius 1 is 1.28 bits per heavy atom. The van der Waals surface area contributed by atoms with Gasteiger partial charge in [-0.25, -0.2) is 8.78 Å². The van der Waals surface area contributed by atoms with Gasteiger partial charge in [0.15, 0.2) is 16.4 Å². The smallest absolute Gasteiger partial charge is 0.184 e. The largest absolute Gasteiger partial charge is 0.330 e. The normalized spacial score (nSPS) is 14.1. The van der Waals surface area contributed by atoms with E-state index in [0.717, 1.165) is 6.07 Å². The predicted molar refractivity (Wildman–Crippen MR) is 71.2 cm³/mol. The molecule has 1 unspecified atom stereocenters. The number of imidazole rings is 1. The lowest BCUT2D eigenvalue weighted by Gasteiger charge is -2.29. The second-order valence-electron chi connectivity index (χ2n) is 5.60. The van der Waals surface area contributed by atoms with Crippen molar-refractivity contribution in [3.05, 3.63) is 28.5 Å². The molecule has 5 heteroatoms. The maximum atomic E-state index is 14.0. The second kappa shape index (κ2) is 4.16. The van der Waals surface area contributed by atoms with Crippen LogP contribution in [0.15, 0.2) is 12.1 Å². The fraction of sp³-hybridized carbons (Fsp3) is 0.462. The van der Waals surface area contributed by atoms with Gasteiger partial charge in [0.05, 0.1) is 5.52 Å². The lowest BCUT2D eigenvalue weighted by molar-refractivity contribution is 0.264. The van der Waals surface area contributed by atoms with E-state index in [2.05, 4.69) is 4.98 Å². The van der Waals surface area contributed by atoms with Gasteiger partial charge in [-0.15, -0.1) is 0 Å². The highest BCUT2D eigenvalue weighted by Crippen LogP contribution is 2.34. The van der Waals surface area contributed by atoms with E-state index >= 15 is 0 Å². The third-order valence-corrected chi connectivity index (χ3v) is 3.71. The van der Waals surface area contributed by atoms with Crippen LogP contribution in [0.2, 0.25) is 0 Å². The monoisotopic (exact) mass is 270 g/mol. The van der Waals surface area contributed by atoms with Gasteiger partial charge in [0.2, 0.25) is 0 Å². The summed E-state index contributed by atoms with van der Waals surface area (Å²) in [6, 6.07) is 2.57. The molecule has 0 aliphatic heterocycles. The molecule has 98 valence electrons. The number of aromatic nitrogens is 2. The van der Waals surface area contributed by atoms with E-state index in [4.69, 9.17) is 12.2 Å². The molecule has 1 atom stereocenters. The van der Waals surface area contributed by atoms with Crippen molar-refractivity contribution in [3.63, 3.8) is 0 Å². The molecule has 0 saturated carbocycles. The molecule has 2 aromatic rings. The number of rotatable bonds is 1. The molecule has 1 heterocycles. The van der Waals surface area contributed by atoms with Crippen molar-refractivity contribution in [2.24, 2.45) is 5.41 Å². The second-order valence-corrected chi connectivity index (χ2v) is 5.99. The molecular formula is C13H16F2N2S. The Bertz CT molecular complexity index is 649. The molecule has 0 aliphatic rings. The first-order valence-electron chi connectivity index (χ1n) is 5.81. The molecule has 0 spiro atoms. The van der Waals surface area contributed by atoms with Crippen molar-refractivity contribution >= 4 is 23.3 Å². The van der Waals surface area contributed by atoms with Crippen LogP contribution in [0, 0.1) is 21.8 Å². The molecule has 0 fully saturated rings. The van der Waals surface area contributed by atoms with Crippen LogP contribution in [-0.2, 0) is 0 Å². The molecule has 0 radical (unpaired) electrons.